The zero-order valence-electron chi connectivity index (χ0n) is 11.5. The maximum absolute atomic E-state index is 12.1. The standard InChI is InChI=1S/C15H24O2/c1-11(2)5-7-13(16)15(9-10-15)14(17)8-6-12(3)4/h5,7,11-12H,6,8-10H2,1-4H3/b7-5+. The summed E-state index contributed by atoms with van der Waals surface area (Å²) in [7, 11) is 0. The van der Waals surface area contributed by atoms with Crippen LogP contribution in [-0.2, 0) is 9.59 Å². The highest BCUT2D eigenvalue weighted by atomic mass is 16.2. The van der Waals surface area contributed by atoms with Crippen molar-refractivity contribution in [3.05, 3.63) is 12.2 Å². The quantitative estimate of drug-likeness (QED) is 0.500. The lowest BCUT2D eigenvalue weighted by atomic mass is 9.90. The SMILES string of the molecule is CC(C)/C=C/C(=O)C1(C(=O)CCC(C)C)CC1. The van der Waals surface area contributed by atoms with E-state index in [0.717, 1.165) is 19.3 Å². The summed E-state index contributed by atoms with van der Waals surface area (Å²) in [4.78, 5) is 24.1. The summed E-state index contributed by atoms with van der Waals surface area (Å²) in [6.45, 7) is 8.27. The van der Waals surface area contributed by atoms with E-state index in [1.807, 2.05) is 19.9 Å². The third-order valence-electron chi connectivity index (χ3n) is 3.34. The highest BCUT2D eigenvalue weighted by molar-refractivity contribution is 6.14. The number of hydrogen-bond acceptors (Lipinski definition) is 2. The number of ketones is 2. The molecule has 0 atom stereocenters. The molecule has 0 aromatic carbocycles. The fourth-order valence-electron chi connectivity index (χ4n) is 1.89. The van der Waals surface area contributed by atoms with E-state index in [2.05, 4.69) is 13.8 Å². The number of rotatable bonds is 7. The lowest BCUT2D eigenvalue weighted by molar-refractivity contribution is -0.132. The van der Waals surface area contributed by atoms with Crippen LogP contribution in [0.2, 0.25) is 0 Å². The van der Waals surface area contributed by atoms with Crippen molar-refractivity contribution in [1.82, 2.24) is 0 Å². The molecule has 0 aromatic rings. The van der Waals surface area contributed by atoms with E-state index in [1.165, 1.54) is 0 Å². The Morgan fingerprint density at radius 2 is 1.76 bits per heavy atom. The van der Waals surface area contributed by atoms with E-state index in [4.69, 9.17) is 0 Å². The summed E-state index contributed by atoms with van der Waals surface area (Å²) in [5.41, 5.74) is -0.625. The van der Waals surface area contributed by atoms with Gasteiger partial charge in [0.05, 0.1) is 5.41 Å². The Balaban J connectivity index is 2.56. The number of Topliss-reactive ketones (excluding diaryl/α,β-unsaturated/α-hetero) is 1. The third kappa shape index (κ3) is 3.79. The molecular weight excluding hydrogens is 212 g/mol. The lowest BCUT2D eigenvalue weighted by Crippen LogP contribution is -2.24. The predicted octanol–water partition coefficient (Wildman–Crippen LogP) is 3.55. The van der Waals surface area contributed by atoms with E-state index < -0.39 is 5.41 Å². The average Bonchev–Trinajstić information content (AvgIpc) is 3.03. The minimum atomic E-state index is -0.625. The second-order valence-electron chi connectivity index (χ2n) is 5.91. The van der Waals surface area contributed by atoms with Crippen LogP contribution in [-0.4, -0.2) is 11.6 Å². The van der Waals surface area contributed by atoms with Gasteiger partial charge in [-0.25, -0.2) is 0 Å². The molecule has 0 heterocycles. The van der Waals surface area contributed by atoms with Crippen molar-refractivity contribution in [2.24, 2.45) is 17.3 Å². The van der Waals surface area contributed by atoms with Crippen molar-refractivity contribution in [2.75, 3.05) is 0 Å². The Kier molecular flexibility index (Phi) is 4.67. The van der Waals surface area contributed by atoms with E-state index in [-0.39, 0.29) is 11.6 Å². The highest BCUT2D eigenvalue weighted by Crippen LogP contribution is 2.48. The molecule has 0 saturated heterocycles. The first-order valence-electron chi connectivity index (χ1n) is 6.64. The molecule has 0 aliphatic heterocycles. The molecule has 0 radical (unpaired) electrons. The van der Waals surface area contributed by atoms with Crippen LogP contribution >= 0.6 is 0 Å². The Bertz CT molecular complexity index is 320. The van der Waals surface area contributed by atoms with Gasteiger partial charge in [-0.3, -0.25) is 9.59 Å². The molecule has 1 aliphatic carbocycles. The summed E-state index contributed by atoms with van der Waals surface area (Å²) in [5, 5.41) is 0. The van der Waals surface area contributed by atoms with Crippen molar-refractivity contribution < 1.29 is 9.59 Å². The van der Waals surface area contributed by atoms with Gasteiger partial charge in [-0.15, -0.1) is 0 Å². The molecule has 0 spiro atoms. The van der Waals surface area contributed by atoms with Crippen LogP contribution in [0.25, 0.3) is 0 Å². The van der Waals surface area contributed by atoms with Gasteiger partial charge >= 0.3 is 0 Å². The van der Waals surface area contributed by atoms with Gasteiger partial charge in [-0.2, -0.15) is 0 Å². The van der Waals surface area contributed by atoms with Gasteiger partial charge in [0.2, 0.25) is 0 Å². The molecule has 0 amide bonds. The zero-order valence-corrected chi connectivity index (χ0v) is 11.5. The maximum Gasteiger partial charge on any atom is 0.168 e. The third-order valence-corrected chi connectivity index (χ3v) is 3.34. The van der Waals surface area contributed by atoms with Gasteiger partial charge in [-0.05, 0) is 37.2 Å². The zero-order chi connectivity index (χ0) is 13.1. The number of carbonyl (C=O) groups is 2. The molecule has 0 aromatic heterocycles. The summed E-state index contributed by atoms with van der Waals surface area (Å²) in [5.74, 6) is 1.07. The van der Waals surface area contributed by atoms with Crippen LogP contribution in [0.1, 0.15) is 53.4 Å². The van der Waals surface area contributed by atoms with Gasteiger partial charge in [-0.1, -0.05) is 33.8 Å². The van der Waals surface area contributed by atoms with Crippen LogP contribution in [0, 0.1) is 17.3 Å². The molecule has 0 unspecified atom stereocenters. The summed E-state index contributed by atoms with van der Waals surface area (Å²) in [6.07, 6.45) is 6.46. The average molecular weight is 236 g/mol. The van der Waals surface area contributed by atoms with Gasteiger partial charge in [0.1, 0.15) is 5.78 Å². The van der Waals surface area contributed by atoms with Gasteiger partial charge in [0.25, 0.3) is 0 Å². The molecule has 2 heteroatoms. The lowest BCUT2D eigenvalue weighted by Gasteiger charge is -2.11. The Labute approximate surface area is 104 Å². The molecule has 1 aliphatic rings. The minimum Gasteiger partial charge on any atom is -0.299 e. The van der Waals surface area contributed by atoms with Crippen molar-refractivity contribution in [3.8, 4) is 0 Å². The molecule has 96 valence electrons. The Hall–Kier alpha value is -0.920. The molecule has 0 bridgehead atoms. The highest BCUT2D eigenvalue weighted by Gasteiger charge is 2.53. The Morgan fingerprint density at radius 1 is 1.18 bits per heavy atom. The fraction of sp³-hybridized carbons (Fsp3) is 0.733. The van der Waals surface area contributed by atoms with Crippen LogP contribution in [0.5, 0.6) is 0 Å². The van der Waals surface area contributed by atoms with E-state index in [9.17, 15) is 9.59 Å². The molecule has 1 saturated carbocycles. The molecule has 1 fully saturated rings. The van der Waals surface area contributed by atoms with E-state index in [0.29, 0.717) is 18.3 Å². The monoisotopic (exact) mass is 236 g/mol. The fourth-order valence-corrected chi connectivity index (χ4v) is 1.89. The maximum atomic E-state index is 12.1. The van der Waals surface area contributed by atoms with Crippen molar-refractivity contribution in [1.29, 1.82) is 0 Å². The minimum absolute atomic E-state index is 0.0277. The summed E-state index contributed by atoms with van der Waals surface area (Å²) in [6, 6.07) is 0. The van der Waals surface area contributed by atoms with Crippen molar-refractivity contribution >= 4 is 11.6 Å². The van der Waals surface area contributed by atoms with Gasteiger partial charge in [0.15, 0.2) is 5.78 Å². The van der Waals surface area contributed by atoms with Crippen LogP contribution < -0.4 is 0 Å². The second-order valence-corrected chi connectivity index (χ2v) is 5.91. The molecule has 1 rings (SSSR count). The van der Waals surface area contributed by atoms with Crippen molar-refractivity contribution in [2.45, 2.75) is 53.4 Å². The van der Waals surface area contributed by atoms with E-state index >= 15 is 0 Å². The first-order chi connectivity index (χ1) is 7.88. The normalized spacial score (nSPS) is 18.0. The van der Waals surface area contributed by atoms with Crippen LogP contribution in [0.3, 0.4) is 0 Å². The van der Waals surface area contributed by atoms with Gasteiger partial charge < -0.3 is 0 Å². The number of hydrogen-bond donors (Lipinski definition) is 0. The summed E-state index contributed by atoms with van der Waals surface area (Å²) < 4.78 is 0. The second kappa shape index (κ2) is 5.61. The molecular formula is C15H24O2. The van der Waals surface area contributed by atoms with E-state index in [1.54, 1.807) is 6.08 Å². The first-order valence-corrected chi connectivity index (χ1v) is 6.64. The molecule has 17 heavy (non-hydrogen) atoms. The summed E-state index contributed by atoms with van der Waals surface area (Å²) >= 11 is 0. The first kappa shape index (κ1) is 14.1. The topological polar surface area (TPSA) is 34.1 Å². The van der Waals surface area contributed by atoms with Crippen LogP contribution in [0.15, 0.2) is 12.2 Å². The molecule has 2 nitrogen and oxygen atoms in total. The molecule has 0 N–H and O–H groups in total. The largest absolute Gasteiger partial charge is 0.299 e. The van der Waals surface area contributed by atoms with Gasteiger partial charge in [0, 0.05) is 6.42 Å². The van der Waals surface area contributed by atoms with Crippen molar-refractivity contribution in [3.63, 3.8) is 0 Å². The number of allylic oxidation sites excluding steroid dienone is 2. The Morgan fingerprint density at radius 3 is 2.18 bits per heavy atom. The smallest absolute Gasteiger partial charge is 0.168 e. The van der Waals surface area contributed by atoms with Crippen LogP contribution in [0.4, 0.5) is 0 Å². The number of carbonyl (C=O) groups excluding carboxylic acids is 2. The predicted molar refractivity (Wildman–Crippen MR) is 69.7 cm³/mol.